The maximum Gasteiger partial charge on any atom is 0.266 e. The minimum absolute atomic E-state index is 0.0453. The molecule has 2 saturated heterocycles. The van der Waals surface area contributed by atoms with Crippen LogP contribution < -0.4 is 4.74 Å². The van der Waals surface area contributed by atoms with Crippen LogP contribution in [-0.4, -0.2) is 57.5 Å². The Kier molecular flexibility index (Phi) is 7.00. The fraction of sp³-hybridized carbons (Fsp3) is 0.269. The topological polar surface area (TPSA) is 81.5 Å². The van der Waals surface area contributed by atoms with Crippen molar-refractivity contribution in [2.24, 2.45) is 0 Å². The lowest BCUT2D eigenvalue weighted by Crippen LogP contribution is -2.39. The second-order valence-electron chi connectivity index (χ2n) is 8.69. The van der Waals surface area contributed by atoms with Crippen molar-refractivity contribution in [1.82, 2.24) is 14.7 Å². The predicted octanol–water partition coefficient (Wildman–Crippen LogP) is 4.72. The van der Waals surface area contributed by atoms with E-state index in [0.29, 0.717) is 22.3 Å². The van der Waals surface area contributed by atoms with Crippen LogP contribution in [0.15, 0.2) is 65.7 Å². The number of carbonyl (C=O) groups excluding carboxylic acids is 1. The summed E-state index contributed by atoms with van der Waals surface area (Å²) in [6.07, 6.45) is 5.02. The average molecular weight is 540 g/mol. The second-order valence-corrected chi connectivity index (χ2v) is 12.6. The number of amides is 1. The lowest BCUT2D eigenvalue weighted by molar-refractivity contribution is -0.123. The van der Waals surface area contributed by atoms with Crippen molar-refractivity contribution in [1.29, 1.82) is 0 Å². The molecule has 2 aromatic carbocycles. The van der Waals surface area contributed by atoms with Gasteiger partial charge in [-0.1, -0.05) is 49.1 Å². The minimum Gasteiger partial charge on any atom is -0.494 e. The summed E-state index contributed by atoms with van der Waals surface area (Å²) in [6.45, 7) is 2.71. The molecule has 2 fully saturated rings. The maximum absolute atomic E-state index is 13.3. The van der Waals surface area contributed by atoms with Crippen LogP contribution in [0.25, 0.3) is 23.0 Å². The number of ether oxygens (including phenoxy) is 1. The van der Waals surface area contributed by atoms with Crippen molar-refractivity contribution in [2.45, 2.75) is 25.8 Å². The first-order chi connectivity index (χ1) is 17.3. The van der Waals surface area contributed by atoms with Crippen LogP contribution in [0.3, 0.4) is 0 Å². The summed E-state index contributed by atoms with van der Waals surface area (Å²) >= 11 is 6.68. The first-order valence-electron chi connectivity index (χ1n) is 11.7. The van der Waals surface area contributed by atoms with Gasteiger partial charge in [0.25, 0.3) is 5.91 Å². The molecule has 2 aliphatic heterocycles. The SMILES string of the molecule is CCCOc1ccc(-c2nn(-c3ccccc3)cc2/C=C2\SC(=S)N([C@@H]3CCS(=O)(=O)C3)C2=O)cc1. The summed E-state index contributed by atoms with van der Waals surface area (Å²) in [5.74, 6) is 0.571. The molecule has 3 heterocycles. The third kappa shape index (κ3) is 5.11. The third-order valence-electron chi connectivity index (χ3n) is 6.05. The molecule has 0 N–H and O–H groups in total. The van der Waals surface area contributed by atoms with Gasteiger partial charge in [0.15, 0.2) is 9.84 Å². The summed E-state index contributed by atoms with van der Waals surface area (Å²) in [4.78, 5) is 15.2. The molecule has 2 aliphatic rings. The number of sulfone groups is 1. The lowest BCUT2D eigenvalue weighted by Gasteiger charge is -2.20. The number of rotatable bonds is 7. The number of benzene rings is 2. The summed E-state index contributed by atoms with van der Waals surface area (Å²) in [5, 5.41) is 4.83. The molecule has 0 radical (unpaired) electrons. The number of para-hydroxylation sites is 1. The van der Waals surface area contributed by atoms with E-state index in [1.165, 1.54) is 16.7 Å². The van der Waals surface area contributed by atoms with Crippen molar-refractivity contribution in [3.05, 3.63) is 71.3 Å². The molecule has 0 aliphatic carbocycles. The molecule has 1 aromatic heterocycles. The fourth-order valence-electron chi connectivity index (χ4n) is 4.27. The van der Waals surface area contributed by atoms with E-state index in [1.54, 1.807) is 10.8 Å². The van der Waals surface area contributed by atoms with Gasteiger partial charge < -0.3 is 4.74 Å². The Morgan fingerprint density at radius 3 is 2.58 bits per heavy atom. The molecule has 3 aromatic rings. The zero-order valence-electron chi connectivity index (χ0n) is 19.7. The standard InChI is InChI=1S/C26H25N3O4S3/c1-2-13-33-22-10-8-18(9-11-22)24-19(16-28(27-24)20-6-4-3-5-7-20)15-23-25(30)29(26(34)35-23)21-12-14-36(31,32)17-21/h3-11,15-16,21H,2,12-14,17H2,1H3/b23-15-/t21-/m1/s1. The lowest BCUT2D eigenvalue weighted by atomic mass is 10.1. The molecule has 1 atom stereocenters. The molecular weight excluding hydrogens is 515 g/mol. The smallest absolute Gasteiger partial charge is 0.266 e. The van der Waals surface area contributed by atoms with Crippen LogP contribution in [-0.2, 0) is 14.6 Å². The maximum atomic E-state index is 13.3. The number of aromatic nitrogens is 2. The van der Waals surface area contributed by atoms with Crippen LogP contribution in [0.5, 0.6) is 5.75 Å². The highest BCUT2D eigenvalue weighted by molar-refractivity contribution is 8.26. The van der Waals surface area contributed by atoms with Gasteiger partial charge >= 0.3 is 0 Å². The van der Waals surface area contributed by atoms with Gasteiger partial charge in [-0.05, 0) is 55.3 Å². The van der Waals surface area contributed by atoms with Gasteiger partial charge in [-0.2, -0.15) is 5.10 Å². The fourth-order valence-corrected chi connectivity index (χ4v) is 7.37. The van der Waals surface area contributed by atoms with Crippen LogP contribution in [0, 0.1) is 0 Å². The van der Waals surface area contributed by atoms with Crippen molar-refractivity contribution >= 4 is 50.1 Å². The van der Waals surface area contributed by atoms with E-state index in [1.807, 2.05) is 60.8 Å². The highest BCUT2D eigenvalue weighted by Gasteiger charge is 2.42. The largest absolute Gasteiger partial charge is 0.494 e. The number of hydrogen-bond donors (Lipinski definition) is 0. The molecular formula is C26H25N3O4S3. The zero-order chi connectivity index (χ0) is 25.3. The molecule has 10 heteroatoms. The monoisotopic (exact) mass is 539 g/mol. The zero-order valence-corrected chi connectivity index (χ0v) is 22.1. The Morgan fingerprint density at radius 2 is 1.92 bits per heavy atom. The van der Waals surface area contributed by atoms with Gasteiger partial charge in [0, 0.05) is 17.3 Å². The molecule has 5 rings (SSSR count). The van der Waals surface area contributed by atoms with E-state index in [-0.39, 0.29) is 17.4 Å². The van der Waals surface area contributed by atoms with E-state index in [2.05, 4.69) is 6.92 Å². The van der Waals surface area contributed by atoms with Crippen molar-refractivity contribution in [3.63, 3.8) is 0 Å². The van der Waals surface area contributed by atoms with Gasteiger partial charge in [-0.25, -0.2) is 13.1 Å². The van der Waals surface area contributed by atoms with Crippen LogP contribution in [0.4, 0.5) is 0 Å². The van der Waals surface area contributed by atoms with Crippen LogP contribution in [0.1, 0.15) is 25.3 Å². The van der Waals surface area contributed by atoms with Gasteiger partial charge in [-0.3, -0.25) is 9.69 Å². The van der Waals surface area contributed by atoms with Crippen molar-refractivity contribution < 1.29 is 17.9 Å². The normalized spacial score (nSPS) is 20.4. The Bertz CT molecular complexity index is 1430. The molecule has 0 bridgehead atoms. The van der Waals surface area contributed by atoms with E-state index in [0.717, 1.165) is 34.7 Å². The first-order valence-corrected chi connectivity index (χ1v) is 14.7. The quantitative estimate of drug-likeness (QED) is 0.318. The molecule has 0 unspecified atom stereocenters. The number of thioether (sulfide) groups is 1. The molecule has 7 nitrogen and oxygen atoms in total. The van der Waals surface area contributed by atoms with E-state index < -0.39 is 15.9 Å². The van der Waals surface area contributed by atoms with Crippen molar-refractivity contribution in [2.75, 3.05) is 18.1 Å². The van der Waals surface area contributed by atoms with E-state index >= 15 is 0 Å². The Hall–Kier alpha value is -2.95. The summed E-state index contributed by atoms with van der Waals surface area (Å²) < 4.78 is 31.9. The molecule has 0 saturated carbocycles. The second kappa shape index (κ2) is 10.2. The van der Waals surface area contributed by atoms with Gasteiger partial charge in [-0.15, -0.1) is 0 Å². The highest BCUT2D eigenvalue weighted by atomic mass is 32.2. The third-order valence-corrected chi connectivity index (χ3v) is 9.13. The molecule has 1 amide bonds. The highest BCUT2D eigenvalue weighted by Crippen LogP contribution is 2.38. The predicted molar refractivity (Wildman–Crippen MR) is 147 cm³/mol. The minimum atomic E-state index is -3.14. The molecule has 36 heavy (non-hydrogen) atoms. The molecule has 0 spiro atoms. The Labute approximate surface area is 220 Å². The molecule has 186 valence electrons. The number of hydrogen-bond acceptors (Lipinski definition) is 7. The van der Waals surface area contributed by atoms with Crippen LogP contribution in [0.2, 0.25) is 0 Å². The number of carbonyl (C=O) groups is 1. The Balaban J connectivity index is 1.50. The van der Waals surface area contributed by atoms with Crippen LogP contribution >= 0.6 is 24.0 Å². The van der Waals surface area contributed by atoms with E-state index in [4.69, 9.17) is 22.1 Å². The van der Waals surface area contributed by atoms with Gasteiger partial charge in [0.2, 0.25) is 0 Å². The number of nitrogens with zero attached hydrogens (tertiary/aromatic N) is 3. The first kappa shape index (κ1) is 24.7. The summed E-state index contributed by atoms with van der Waals surface area (Å²) in [5.41, 5.74) is 3.26. The van der Waals surface area contributed by atoms with Gasteiger partial charge in [0.05, 0.1) is 40.4 Å². The van der Waals surface area contributed by atoms with E-state index in [9.17, 15) is 13.2 Å². The summed E-state index contributed by atoms with van der Waals surface area (Å²) in [6, 6.07) is 17.1. The van der Waals surface area contributed by atoms with Crippen molar-refractivity contribution in [3.8, 4) is 22.7 Å². The number of thiocarbonyl (C=S) groups is 1. The van der Waals surface area contributed by atoms with Gasteiger partial charge in [0.1, 0.15) is 10.1 Å². The summed E-state index contributed by atoms with van der Waals surface area (Å²) in [7, 11) is -3.14. The Morgan fingerprint density at radius 1 is 1.17 bits per heavy atom. The average Bonchev–Trinajstić information content (AvgIpc) is 3.53.